The Balaban J connectivity index is 1.27. The van der Waals surface area contributed by atoms with Crippen molar-refractivity contribution in [3.05, 3.63) is 65.6 Å². The summed E-state index contributed by atoms with van der Waals surface area (Å²) in [5, 5.41) is 0.728. The third kappa shape index (κ3) is 4.76. The number of anilines is 1. The molecule has 1 amide bonds. The third-order valence-electron chi connectivity index (χ3n) is 5.29. The highest BCUT2D eigenvalue weighted by molar-refractivity contribution is 6.30. The van der Waals surface area contributed by atoms with Crippen LogP contribution < -0.4 is 9.64 Å². The lowest BCUT2D eigenvalue weighted by Gasteiger charge is -2.36. The van der Waals surface area contributed by atoms with Gasteiger partial charge in [0, 0.05) is 55.3 Å². The molecule has 0 spiro atoms. The summed E-state index contributed by atoms with van der Waals surface area (Å²) >= 11 is 6.09. The van der Waals surface area contributed by atoms with E-state index in [1.54, 1.807) is 13.3 Å². The van der Waals surface area contributed by atoms with Gasteiger partial charge in [0.1, 0.15) is 5.75 Å². The van der Waals surface area contributed by atoms with Crippen molar-refractivity contribution in [2.75, 3.05) is 38.2 Å². The van der Waals surface area contributed by atoms with Crippen molar-refractivity contribution < 1.29 is 13.9 Å². The molecule has 0 saturated carbocycles. The Labute approximate surface area is 181 Å². The quantitative estimate of drug-likeness (QED) is 0.589. The topological polar surface area (TPSA) is 58.8 Å². The van der Waals surface area contributed by atoms with Gasteiger partial charge in [0.2, 0.25) is 5.91 Å². The largest absolute Gasteiger partial charge is 0.497 e. The number of hydrogen-bond acceptors (Lipinski definition) is 5. The maximum absolute atomic E-state index is 12.6. The number of ether oxygens (including phenoxy) is 1. The second-order valence-corrected chi connectivity index (χ2v) is 7.63. The van der Waals surface area contributed by atoms with Crippen LogP contribution in [0.5, 0.6) is 5.75 Å². The SMILES string of the molecule is COc1ccc(-c2cnc(CCC(=O)N3CCN(c4cccc(Cl)c4)CC3)o2)cc1. The Morgan fingerprint density at radius 1 is 1.13 bits per heavy atom. The molecule has 1 saturated heterocycles. The van der Waals surface area contributed by atoms with Gasteiger partial charge in [0.25, 0.3) is 0 Å². The van der Waals surface area contributed by atoms with E-state index in [4.69, 9.17) is 20.8 Å². The highest BCUT2D eigenvalue weighted by Gasteiger charge is 2.21. The van der Waals surface area contributed by atoms with Gasteiger partial charge in [-0.05, 0) is 42.5 Å². The molecular weight excluding hydrogens is 402 g/mol. The van der Waals surface area contributed by atoms with Gasteiger partial charge < -0.3 is 19.0 Å². The smallest absolute Gasteiger partial charge is 0.223 e. The van der Waals surface area contributed by atoms with Crippen LogP contribution in [0.2, 0.25) is 5.02 Å². The molecule has 1 aliphatic heterocycles. The lowest BCUT2D eigenvalue weighted by atomic mass is 10.2. The molecule has 0 unspecified atom stereocenters. The maximum Gasteiger partial charge on any atom is 0.223 e. The van der Waals surface area contributed by atoms with Crippen LogP contribution >= 0.6 is 11.6 Å². The number of aryl methyl sites for hydroxylation is 1. The molecule has 1 aromatic heterocycles. The fourth-order valence-corrected chi connectivity index (χ4v) is 3.76. The Kier molecular flexibility index (Phi) is 6.23. The lowest BCUT2D eigenvalue weighted by molar-refractivity contribution is -0.131. The average molecular weight is 426 g/mol. The fourth-order valence-electron chi connectivity index (χ4n) is 3.57. The van der Waals surface area contributed by atoms with Crippen LogP contribution in [0.1, 0.15) is 12.3 Å². The first-order chi connectivity index (χ1) is 14.6. The number of rotatable bonds is 6. The minimum atomic E-state index is 0.130. The molecule has 0 radical (unpaired) electrons. The molecule has 2 aromatic carbocycles. The molecule has 0 aliphatic carbocycles. The number of piperazine rings is 1. The molecule has 3 aromatic rings. The Bertz CT molecular complexity index is 995. The van der Waals surface area contributed by atoms with Gasteiger partial charge in [-0.3, -0.25) is 4.79 Å². The second kappa shape index (κ2) is 9.22. The van der Waals surface area contributed by atoms with E-state index in [1.165, 1.54) is 0 Å². The number of halogens is 1. The number of amides is 1. The van der Waals surface area contributed by atoms with Gasteiger partial charge in [-0.25, -0.2) is 4.98 Å². The zero-order chi connectivity index (χ0) is 20.9. The molecule has 7 heteroatoms. The second-order valence-electron chi connectivity index (χ2n) is 7.19. The molecular formula is C23H24ClN3O3. The predicted octanol–water partition coefficient (Wildman–Crippen LogP) is 4.29. The van der Waals surface area contributed by atoms with E-state index in [2.05, 4.69) is 9.88 Å². The molecule has 2 heterocycles. The zero-order valence-electron chi connectivity index (χ0n) is 16.9. The van der Waals surface area contributed by atoms with Crippen molar-refractivity contribution in [2.45, 2.75) is 12.8 Å². The van der Waals surface area contributed by atoms with Crippen LogP contribution in [0.15, 0.2) is 59.1 Å². The van der Waals surface area contributed by atoms with Gasteiger partial charge in [-0.15, -0.1) is 0 Å². The number of oxazole rings is 1. The van der Waals surface area contributed by atoms with E-state index in [9.17, 15) is 4.79 Å². The highest BCUT2D eigenvalue weighted by atomic mass is 35.5. The van der Waals surface area contributed by atoms with E-state index >= 15 is 0 Å². The van der Waals surface area contributed by atoms with Gasteiger partial charge in [0.05, 0.1) is 13.3 Å². The Morgan fingerprint density at radius 3 is 2.60 bits per heavy atom. The first kappa shape index (κ1) is 20.3. The van der Waals surface area contributed by atoms with Crippen molar-refractivity contribution in [2.24, 2.45) is 0 Å². The first-order valence-electron chi connectivity index (χ1n) is 10.00. The van der Waals surface area contributed by atoms with Crippen molar-refractivity contribution >= 4 is 23.2 Å². The molecule has 4 rings (SSSR count). The molecule has 1 fully saturated rings. The first-order valence-corrected chi connectivity index (χ1v) is 10.4. The van der Waals surface area contributed by atoms with Crippen molar-refractivity contribution in [3.63, 3.8) is 0 Å². The van der Waals surface area contributed by atoms with Gasteiger partial charge in [-0.1, -0.05) is 17.7 Å². The number of nitrogens with zero attached hydrogens (tertiary/aromatic N) is 3. The minimum absolute atomic E-state index is 0.130. The standard InChI is InChI=1S/C23H24ClN3O3/c1-29-20-7-5-17(6-8-20)21-16-25-22(30-21)9-10-23(28)27-13-11-26(12-14-27)19-4-2-3-18(24)15-19/h2-8,15-16H,9-14H2,1H3. The lowest BCUT2D eigenvalue weighted by Crippen LogP contribution is -2.48. The molecule has 156 valence electrons. The Morgan fingerprint density at radius 2 is 1.90 bits per heavy atom. The fraction of sp³-hybridized carbons (Fsp3) is 0.304. The van der Waals surface area contributed by atoms with E-state index in [1.807, 2.05) is 53.4 Å². The van der Waals surface area contributed by atoms with Gasteiger partial charge in [0.15, 0.2) is 11.7 Å². The number of benzene rings is 2. The average Bonchev–Trinajstić information content (AvgIpc) is 3.27. The van der Waals surface area contributed by atoms with Crippen molar-refractivity contribution in [1.29, 1.82) is 0 Å². The number of hydrogen-bond donors (Lipinski definition) is 0. The van der Waals surface area contributed by atoms with Crippen LogP contribution in [0.4, 0.5) is 5.69 Å². The maximum atomic E-state index is 12.6. The number of carbonyl (C=O) groups is 1. The summed E-state index contributed by atoms with van der Waals surface area (Å²) in [4.78, 5) is 21.1. The van der Waals surface area contributed by atoms with E-state index in [0.29, 0.717) is 37.6 Å². The number of aromatic nitrogens is 1. The van der Waals surface area contributed by atoms with E-state index in [0.717, 1.165) is 35.1 Å². The van der Waals surface area contributed by atoms with E-state index in [-0.39, 0.29) is 5.91 Å². The van der Waals surface area contributed by atoms with Crippen molar-refractivity contribution in [1.82, 2.24) is 9.88 Å². The van der Waals surface area contributed by atoms with Crippen molar-refractivity contribution in [3.8, 4) is 17.1 Å². The van der Waals surface area contributed by atoms with Gasteiger partial charge in [-0.2, -0.15) is 0 Å². The molecule has 30 heavy (non-hydrogen) atoms. The zero-order valence-corrected chi connectivity index (χ0v) is 17.6. The molecule has 0 bridgehead atoms. The highest BCUT2D eigenvalue weighted by Crippen LogP contribution is 2.24. The monoisotopic (exact) mass is 425 g/mol. The summed E-state index contributed by atoms with van der Waals surface area (Å²) in [6, 6.07) is 15.4. The molecule has 1 aliphatic rings. The summed E-state index contributed by atoms with van der Waals surface area (Å²) in [6.07, 6.45) is 2.58. The Hall–Kier alpha value is -2.99. The van der Waals surface area contributed by atoms with Crippen LogP contribution in [-0.2, 0) is 11.2 Å². The van der Waals surface area contributed by atoms with Crippen LogP contribution in [0.25, 0.3) is 11.3 Å². The van der Waals surface area contributed by atoms with E-state index < -0.39 is 0 Å². The third-order valence-corrected chi connectivity index (χ3v) is 5.52. The summed E-state index contributed by atoms with van der Waals surface area (Å²) in [6.45, 7) is 3.00. The van der Waals surface area contributed by atoms with Crippen LogP contribution in [-0.4, -0.2) is 49.1 Å². The molecule has 0 N–H and O–H groups in total. The predicted molar refractivity (Wildman–Crippen MR) is 117 cm³/mol. The summed E-state index contributed by atoms with van der Waals surface area (Å²) < 4.78 is 11.0. The van der Waals surface area contributed by atoms with Crippen LogP contribution in [0, 0.1) is 0 Å². The van der Waals surface area contributed by atoms with Gasteiger partial charge >= 0.3 is 0 Å². The molecule has 6 nitrogen and oxygen atoms in total. The molecule has 0 atom stereocenters. The number of carbonyl (C=O) groups excluding carboxylic acids is 1. The summed E-state index contributed by atoms with van der Waals surface area (Å²) in [5.41, 5.74) is 2.03. The van der Waals surface area contributed by atoms with Crippen LogP contribution in [0.3, 0.4) is 0 Å². The normalized spacial score (nSPS) is 14.1. The number of methoxy groups -OCH3 is 1. The summed E-state index contributed by atoms with van der Waals surface area (Å²) in [7, 11) is 1.63. The minimum Gasteiger partial charge on any atom is -0.497 e. The summed E-state index contributed by atoms with van der Waals surface area (Å²) in [5.74, 6) is 2.19.